The molecule has 0 atom stereocenters. The molecular formula is C16H18F2N4O2S2. The number of thioether (sulfide) groups is 1. The minimum atomic E-state index is -2.54. The van der Waals surface area contributed by atoms with Crippen LogP contribution in [0.2, 0.25) is 0 Å². The highest BCUT2D eigenvalue weighted by Gasteiger charge is 2.26. The van der Waals surface area contributed by atoms with E-state index in [1.54, 1.807) is 28.6 Å². The molecule has 0 bridgehead atoms. The molecule has 0 N–H and O–H groups in total. The van der Waals surface area contributed by atoms with Gasteiger partial charge in [0.2, 0.25) is 11.8 Å². The summed E-state index contributed by atoms with van der Waals surface area (Å²) < 4.78 is 30.6. The van der Waals surface area contributed by atoms with Crippen LogP contribution in [0.4, 0.5) is 14.7 Å². The smallest absolute Gasteiger partial charge is 0.288 e. The average Bonchev–Trinajstić information content (AvgIpc) is 3.09. The van der Waals surface area contributed by atoms with Crippen molar-refractivity contribution < 1.29 is 18.3 Å². The number of nitrogens with zero attached hydrogens (tertiary/aromatic N) is 4. The summed E-state index contributed by atoms with van der Waals surface area (Å²) in [6.45, 7) is 4.53. The van der Waals surface area contributed by atoms with E-state index in [9.17, 15) is 13.6 Å². The van der Waals surface area contributed by atoms with Crippen molar-refractivity contribution in [2.24, 2.45) is 0 Å². The summed E-state index contributed by atoms with van der Waals surface area (Å²) in [7, 11) is 0. The maximum Gasteiger partial charge on any atom is 0.288 e. The van der Waals surface area contributed by atoms with Crippen LogP contribution in [-0.2, 0) is 0 Å². The number of aromatic nitrogens is 2. The number of hydrogen-bond donors (Lipinski definition) is 0. The topological polar surface area (TPSA) is 58.6 Å². The summed E-state index contributed by atoms with van der Waals surface area (Å²) in [5.74, 6) is -1.66. The van der Waals surface area contributed by atoms with Crippen molar-refractivity contribution in [3.8, 4) is 5.88 Å². The van der Waals surface area contributed by atoms with Crippen LogP contribution in [-0.4, -0.2) is 59.3 Å². The first kappa shape index (κ1) is 18.8. The molecule has 3 rings (SSSR count). The molecule has 2 aromatic rings. The van der Waals surface area contributed by atoms with Crippen LogP contribution in [0.15, 0.2) is 28.6 Å². The summed E-state index contributed by atoms with van der Waals surface area (Å²) in [6, 6.07) is 3.27. The standard InChI is InChI=1S/C16H18F2N4O2S2/c1-2-24-12-3-5-19-16(20-12)22-8-6-21(7-9-22)14(23)13-11(4-10-25-13)26-15(17)18/h3-5,10,15H,2,6-9H2,1H3. The first-order chi connectivity index (χ1) is 12.6. The van der Waals surface area contributed by atoms with Crippen LogP contribution in [0, 0.1) is 0 Å². The van der Waals surface area contributed by atoms with Gasteiger partial charge in [-0.3, -0.25) is 4.79 Å². The molecule has 0 radical (unpaired) electrons. The Balaban J connectivity index is 1.62. The third-order valence-electron chi connectivity index (χ3n) is 3.80. The number of ether oxygens (including phenoxy) is 1. The van der Waals surface area contributed by atoms with Crippen LogP contribution < -0.4 is 9.64 Å². The maximum absolute atomic E-state index is 12.7. The number of amides is 1. The Bertz CT molecular complexity index is 751. The van der Waals surface area contributed by atoms with E-state index in [0.717, 1.165) is 0 Å². The van der Waals surface area contributed by atoms with Crippen molar-refractivity contribution in [1.82, 2.24) is 14.9 Å². The summed E-state index contributed by atoms with van der Waals surface area (Å²) >= 11 is 1.61. The Kier molecular flexibility index (Phi) is 6.25. The molecule has 140 valence electrons. The molecule has 1 aliphatic rings. The molecule has 1 fully saturated rings. The molecule has 0 saturated carbocycles. The molecular weight excluding hydrogens is 382 g/mol. The molecule has 10 heteroatoms. The van der Waals surface area contributed by atoms with Gasteiger partial charge in [-0.05, 0) is 18.4 Å². The lowest BCUT2D eigenvalue weighted by Gasteiger charge is -2.34. The predicted octanol–water partition coefficient (Wildman–Crippen LogP) is 3.21. The lowest BCUT2D eigenvalue weighted by Crippen LogP contribution is -2.49. The van der Waals surface area contributed by atoms with E-state index in [-0.39, 0.29) is 5.91 Å². The van der Waals surface area contributed by atoms with Crippen molar-refractivity contribution in [3.63, 3.8) is 0 Å². The normalized spacial score (nSPS) is 14.8. The van der Waals surface area contributed by atoms with Crippen molar-refractivity contribution in [1.29, 1.82) is 0 Å². The van der Waals surface area contributed by atoms with Gasteiger partial charge in [0.15, 0.2) is 0 Å². The monoisotopic (exact) mass is 400 g/mol. The summed E-state index contributed by atoms with van der Waals surface area (Å²) in [5, 5.41) is 1.67. The quantitative estimate of drug-likeness (QED) is 0.694. The third-order valence-corrected chi connectivity index (χ3v) is 5.60. The minimum absolute atomic E-state index is 0.202. The van der Waals surface area contributed by atoms with E-state index in [1.165, 1.54) is 11.3 Å². The number of carbonyl (C=O) groups excluding carboxylic acids is 1. The van der Waals surface area contributed by atoms with Crippen LogP contribution in [0.25, 0.3) is 0 Å². The van der Waals surface area contributed by atoms with Gasteiger partial charge in [0.25, 0.3) is 11.7 Å². The Labute approximate surface area is 158 Å². The van der Waals surface area contributed by atoms with Gasteiger partial charge in [-0.25, -0.2) is 4.98 Å². The van der Waals surface area contributed by atoms with Crippen molar-refractivity contribution in [3.05, 3.63) is 28.6 Å². The van der Waals surface area contributed by atoms with Crippen molar-refractivity contribution in [2.75, 3.05) is 37.7 Å². The number of rotatable bonds is 6. The molecule has 0 unspecified atom stereocenters. The highest BCUT2D eigenvalue weighted by atomic mass is 32.2. The van der Waals surface area contributed by atoms with Gasteiger partial charge in [0.05, 0.1) is 6.61 Å². The number of alkyl halides is 2. The maximum atomic E-state index is 12.7. The Morgan fingerprint density at radius 2 is 2.12 bits per heavy atom. The number of anilines is 1. The number of carbonyl (C=O) groups is 1. The van der Waals surface area contributed by atoms with Crippen LogP contribution in [0.1, 0.15) is 16.6 Å². The Morgan fingerprint density at radius 1 is 1.35 bits per heavy atom. The summed E-state index contributed by atoms with van der Waals surface area (Å²) in [5.41, 5.74) is 0. The fourth-order valence-electron chi connectivity index (χ4n) is 2.61. The van der Waals surface area contributed by atoms with Crippen molar-refractivity contribution in [2.45, 2.75) is 17.6 Å². The highest BCUT2D eigenvalue weighted by Crippen LogP contribution is 2.33. The second-order valence-corrected chi connectivity index (χ2v) is 7.35. The molecule has 1 saturated heterocycles. The molecule has 0 aromatic carbocycles. The largest absolute Gasteiger partial charge is 0.478 e. The lowest BCUT2D eigenvalue weighted by molar-refractivity contribution is 0.0748. The minimum Gasteiger partial charge on any atom is -0.478 e. The van der Waals surface area contributed by atoms with Gasteiger partial charge in [-0.15, -0.1) is 11.3 Å². The van der Waals surface area contributed by atoms with E-state index in [2.05, 4.69) is 9.97 Å². The number of hydrogen-bond acceptors (Lipinski definition) is 7. The molecule has 6 nitrogen and oxygen atoms in total. The first-order valence-corrected chi connectivity index (χ1v) is 9.86. The second kappa shape index (κ2) is 8.63. The molecule has 2 aromatic heterocycles. The van der Waals surface area contributed by atoms with E-state index in [0.29, 0.717) is 66.1 Å². The molecule has 26 heavy (non-hydrogen) atoms. The Hall–Kier alpha value is -1.94. The molecule has 1 aliphatic heterocycles. The van der Waals surface area contributed by atoms with E-state index >= 15 is 0 Å². The summed E-state index contributed by atoms with van der Waals surface area (Å²) in [4.78, 5) is 25.6. The predicted molar refractivity (Wildman–Crippen MR) is 97.5 cm³/mol. The second-order valence-electron chi connectivity index (χ2n) is 5.40. The van der Waals surface area contributed by atoms with E-state index in [4.69, 9.17) is 4.74 Å². The number of thiophene rings is 1. The van der Waals surface area contributed by atoms with Gasteiger partial charge in [0, 0.05) is 43.3 Å². The zero-order valence-electron chi connectivity index (χ0n) is 14.1. The van der Waals surface area contributed by atoms with Gasteiger partial charge in [-0.2, -0.15) is 13.8 Å². The molecule has 1 amide bonds. The average molecular weight is 400 g/mol. The lowest BCUT2D eigenvalue weighted by atomic mass is 10.3. The van der Waals surface area contributed by atoms with Crippen LogP contribution >= 0.6 is 23.1 Å². The molecule has 3 heterocycles. The SMILES string of the molecule is CCOc1ccnc(N2CCN(C(=O)c3sccc3SC(F)F)CC2)n1. The first-order valence-electron chi connectivity index (χ1n) is 8.11. The molecule has 0 aliphatic carbocycles. The van der Waals surface area contributed by atoms with Crippen LogP contribution in [0.5, 0.6) is 5.88 Å². The zero-order valence-corrected chi connectivity index (χ0v) is 15.7. The van der Waals surface area contributed by atoms with E-state index in [1.807, 2.05) is 11.8 Å². The van der Waals surface area contributed by atoms with Crippen LogP contribution in [0.3, 0.4) is 0 Å². The van der Waals surface area contributed by atoms with Gasteiger partial charge in [0.1, 0.15) is 4.88 Å². The zero-order chi connectivity index (χ0) is 18.5. The van der Waals surface area contributed by atoms with E-state index < -0.39 is 5.76 Å². The van der Waals surface area contributed by atoms with Gasteiger partial charge in [-0.1, -0.05) is 11.8 Å². The fraction of sp³-hybridized carbons (Fsp3) is 0.438. The third kappa shape index (κ3) is 4.42. The molecule has 0 spiro atoms. The Morgan fingerprint density at radius 3 is 2.81 bits per heavy atom. The fourth-order valence-corrected chi connectivity index (χ4v) is 4.27. The number of piperazine rings is 1. The van der Waals surface area contributed by atoms with Gasteiger partial charge >= 0.3 is 0 Å². The van der Waals surface area contributed by atoms with Gasteiger partial charge < -0.3 is 14.5 Å². The highest BCUT2D eigenvalue weighted by molar-refractivity contribution is 7.99. The number of halogens is 2. The summed E-state index contributed by atoms with van der Waals surface area (Å²) in [6.07, 6.45) is 1.64. The van der Waals surface area contributed by atoms with Crippen molar-refractivity contribution >= 4 is 35.0 Å².